The maximum absolute atomic E-state index is 14.1. The minimum Gasteiger partial charge on any atom is -0.319 e. The van der Waals surface area contributed by atoms with Crippen LogP contribution < -0.4 is 5.30 Å². The van der Waals surface area contributed by atoms with E-state index < -0.39 is 7.14 Å². The average Bonchev–Trinajstić information content (AvgIpc) is 2.61. The van der Waals surface area contributed by atoms with Crippen LogP contribution in [0, 0.1) is 0 Å². The molecule has 0 spiro atoms. The summed E-state index contributed by atoms with van der Waals surface area (Å²) in [5.74, 6) is 0. The largest absolute Gasteiger partial charge is 0.319 e. The molecule has 0 atom stereocenters. The van der Waals surface area contributed by atoms with Gasteiger partial charge in [0.15, 0.2) is 0 Å². The molecule has 0 aromatic heterocycles. The third-order valence-corrected chi connectivity index (χ3v) is 11.9. The SMILES string of the molecule is CCCCP(=O)(CCCC)C(C)=Pc1c(C(C)(C)C)cc(C(C)(C)C)cc1C(C)(C)C. The molecule has 0 heterocycles. The van der Waals surface area contributed by atoms with Crippen molar-refractivity contribution in [3.05, 3.63) is 28.8 Å². The molecule has 1 aromatic rings. The van der Waals surface area contributed by atoms with Crippen molar-refractivity contribution in [2.75, 3.05) is 12.3 Å². The van der Waals surface area contributed by atoms with Gasteiger partial charge in [-0.15, -0.1) is 0 Å². The lowest BCUT2D eigenvalue weighted by atomic mass is 9.75. The maximum Gasteiger partial charge on any atom is 0.115 e. The summed E-state index contributed by atoms with van der Waals surface area (Å²) < 4.78 is 14.1. The molecule has 0 unspecified atom stereocenters. The van der Waals surface area contributed by atoms with E-state index in [0.29, 0.717) is 0 Å². The second kappa shape index (κ2) is 10.7. The Hall–Kier alpha value is -0.380. The number of hydrogen-bond acceptors (Lipinski definition) is 1. The molecule has 0 saturated carbocycles. The highest BCUT2D eigenvalue weighted by Gasteiger charge is 2.30. The van der Waals surface area contributed by atoms with Crippen molar-refractivity contribution in [3.8, 4) is 0 Å². The van der Waals surface area contributed by atoms with Gasteiger partial charge in [0.1, 0.15) is 7.14 Å². The second-order valence-corrected chi connectivity index (χ2v) is 17.4. The average molecular weight is 465 g/mol. The fraction of sp³-hybridized carbons (Fsp3) is 0.750. The zero-order valence-corrected chi connectivity index (χ0v) is 24.5. The molecule has 1 nitrogen and oxygen atoms in total. The van der Waals surface area contributed by atoms with Gasteiger partial charge in [-0.1, -0.05) is 109 Å². The second-order valence-electron chi connectivity index (χ2n) is 12.4. The van der Waals surface area contributed by atoms with Crippen LogP contribution in [0.25, 0.3) is 0 Å². The Morgan fingerprint density at radius 2 is 1.16 bits per heavy atom. The third-order valence-electron chi connectivity index (χ3n) is 6.20. The molecule has 0 saturated heterocycles. The Bertz CT molecular complexity index is 764. The summed E-state index contributed by atoms with van der Waals surface area (Å²) in [4.78, 5) is 0. The number of benzene rings is 1. The van der Waals surface area contributed by atoms with Crippen molar-refractivity contribution in [2.24, 2.45) is 0 Å². The molecular weight excluding hydrogens is 414 g/mol. The first-order valence-electron chi connectivity index (χ1n) is 12.3. The van der Waals surface area contributed by atoms with E-state index in [0.717, 1.165) is 38.0 Å². The fourth-order valence-electron chi connectivity index (χ4n) is 3.85. The van der Waals surface area contributed by atoms with Gasteiger partial charge < -0.3 is 4.57 Å². The highest BCUT2D eigenvalue weighted by Crippen LogP contribution is 2.51. The molecule has 0 fully saturated rings. The van der Waals surface area contributed by atoms with Crippen LogP contribution in [0.15, 0.2) is 12.1 Å². The summed E-state index contributed by atoms with van der Waals surface area (Å²) in [7, 11) is -1.11. The quantitative estimate of drug-likeness (QED) is 0.350. The van der Waals surface area contributed by atoms with Crippen molar-refractivity contribution in [1.29, 1.82) is 0 Å². The Labute approximate surface area is 196 Å². The van der Waals surface area contributed by atoms with Crippen molar-refractivity contribution in [3.63, 3.8) is 0 Å². The molecule has 3 heteroatoms. The Morgan fingerprint density at radius 3 is 1.45 bits per heavy atom. The van der Waals surface area contributed by atoms with E-state index in [2.05, 4.69) is 95.2 Å². The van der Waals surface area contributed by atoms with Crippen molar-refractivity contribution in [2.45, 2.75) is 125 Å². The maximum atomic E-state index is 14.1. The molecule has 0 bridgehead atoms. The van der Waals surface area contributed by atoms with Gasteiger partial charge in [0, 0.05) is 22.7 Å². The summed E-state index contributed by atoms with van der Waals surface area (Å²) >= 11 is 0. The van der Waals surface area contributed by atoms with Crippen LogP contribution in [0.3, 0.4) is 0 Å². The minimum absolute atomic E-state index is 0.0424. The summed E-state index contributed by atoms with van der Waals surface area (Å²) in [5.41, 5.74) is 4.43. The van der Waals surface area contributed by atoms with Crippen molar-refractivity contribution in [1.82, 2.24) is 0 Å². The highest BCUT2D eigenvalue weighted by molar-refractivity contribution is 7.90. The third kappa shape index (κ3) is 7.86. The Kier molecular flexibility index (Phi) is 9.89. The van der Waals surface area contributed by atoms with Gasteiger partial charge in [0.25, 0.3) is 0 Å². The van der Waals surface area contributed by atoms with Crippen LogP contribution in [-0.2, 0) is 20.8 Å². The van der Waals surface area contributed by atoms with Gasteiger partial charge in [-0.25, -0.2) is 0 Å². The number of hydrogen-bond donors (Lipinski definition) is 0. The summed E-state index contributed by atoms with van der Waals surface area (Å²) in [6.45, 7) is 27.4. The smallest absolute Gasteiger partial charge is 0.115 e. The van der Waals surface area contributed by atoms with E-state index in [-0.39, 0.29) is 16.2 Å². The van der Waals surface area contributed by atoms with Crippen molar-refractivity contribution >= 4 is 25.7 Å². The van der Waals surface area contributed by atoms with Crippen LogP contribution in [0.1, 0.15) is 125 Å². The predicted octanol–water partition coefficient (Wildman–Crippen LogP) is 9.26. The Balaban J connectivity index is 3.88. The van der Waals surface area contributed by atoms with E-state index >= 15 is 0 Å². The van der Waals surface area contributed by atoms with E-state index in [4.69, 9.17) is 0 Å². The summed E-state index contributed by atoms with van der Waals surface area (Å²) in [6, 6.07) is 4.88. The molecule has 0 amide bonds. The molecule has 0 radical (unpaired) electrons. The molecule has 31 heavy (non-hydrogen) atoms. The van der Waals surface area contributed by atoms with E-state index in [9.17, 15) is 4.57 Å². The fourth-order valence-corrected chi connectivity index (χ4v) is 9.37. The van der Waals surface area contributed by atoms with Gasteiger partial charge >= 0.3 is 0 Å². The van der Waals surface area contributed by atoms with Crippen LogP contribution >= 0.6 is 15.3 Å². The first-order chi connectivity index (χ1) is 14.0. The van der Waals surface area contributed by atoms with Gasteiger partial charge in [-0.2, -0.15) is 0 Å². The monoisotopic (exact) mass is 464 g/mol. The lowest BCUT2D eigenvalue weighted by Gasteiger charge is -2.33. The van der Waals surface area contributed by atoms with Gasteiger partial charge in [0.05, 0.1) is 0 Å². The van der Waals surface area contributed by atoms with Crippen LogP contribution in [0.5, 0.6) is 0 Å². The molecule has 0 aliphatic rings. The van der Waals surface area contributed by atoms with Gasteiger partial charge in [-0.05, 0) is 52.7 Å². The molecule has 0 aliphatic carbocycles. The number of unbranched alkanes of at least 4 members (excludes halogenated alkanes) is 2. The molecule has 178 valence electrons. The normalized spacial score (nSPS) is 14.3. The van der Waals surface area contributed by atoms with Gasteiger partial charge in [-0.3, -0.25) is 0 Å². The van der Waals surface area contributed by atoms with Crippen LogP contribution in [0.4, 0.5) is 0 Å². The minimum atomic E-state index is -2.29. The van der Waals surface area contributed by atoms with E-state index in [1.165, 1.54) is 35.2 Å². The van der Waals surface area contributed by atoms with Gasteiger partial charge in [0.2, 0.25) is 0 Å². The van der Waals surface area contributed by atoms with Crippen LogP contribution in [0.2, 0.25) is 0 Å². The summed E-state index contributed by atoms with van der Waals surface area (Å²) in [6.07, 6.45) is 6.10. The molecule has 1 aromatic carbocycles. The Morgan fingerprint density at radius 1 is 0.774 bits per heavy atom. The molecular formula is C28H50OP2. The molecule has 0 N–H and O–H groups in total. The topological polar surface area (TPSA) is 17.1 Å². The predicted molar refractivity (Wildman–Crippen MR) is 147 cm³/mol. The lowest BCUT2D eigenvalue weighted by molar-refractivity contribution is 0.554. The van der Waals surface area contributed by atoms with E-state index in [1.807, 2.05) is 0 Å². The molecule has 1 rings (SSSR count). The zero-order chi connectivity index (χ0) is 24.3. The van der Waals surface area contributed by atoms with Crippen LogP contribution in [-0.4, -0.2) is 17.4 Å². The summed E-state index contributed by atoms with van der Waals surface area (Å²) in [5, 5.41) is 2.62. The molecule has 0 aliphatic heterocycles. The lowest BCUT2D eigenvalue weighted by Crippen LogP contribution is -2.30. The number of rotatable bonds is 8. The zero-order valence-electron chi connectivity index (χ0n) is 22.7. The van der Waals surface area contributed by atoms with E-state index in [1.54, 1.807) is 0 Å². The first-order valence-corrected chi connectivity index (χ1v) is 15.3. The highest BCUT2D eigenvalue weighted by atomic mass is 31.2. The van der Waals surface area contributed by atoms with Crippen molar-refractivity contribution < 1.29 is 4.57 Å². The standard InChI is InChI=1S/C28H50OP2/c1-13-15-17-31(29,18-16-14-2)21(3)30-25-23(27(7,8)9)19-22(26(4,5)6)20-24(25)28(10,11)12/h19-20H,13-18H2,1-12H3. The first kappa shape index (κ1) is 28.7.